The van der Waals surface area contributed by atoms with Crippen molar-refractivity contribution in [1.82, 2.24) is 0 Å². The molecule has 0 N–H and O–H groups in total. The van der Waals surface area contributed by atoms with Crippen molar-refractivity contribution >= 4 is 14.7 Å². The Morgan fingerprint density at radius 1 is 1.27 bits per heavy atom. The molecular formula is C10H14Si. The average Bonchev–Trinajstić information content (AvgIpc) is 2.06. The smallest absolute Gasteiger partial charge is 0.0816 e. The van der Waals surface area contributed by atoms with Crippen LogP contribution in [0.3, 0.4) is 0 Å². The fourth-order valence-electron chi connectivity index (χ4n) is 1.02. The Morgan fingerprint density at radius 3 is 2.45 bits per heavy atom. The highest BCUT2D eigenvalue weighted by molar-refractivity contribution is 6.60. The van der Waals surface area contributed by atoms with E-state index in [1.807, 2.05) is 0 Å². The summed E-state index contributed by atoms with van der Waals surface area (Å²) in [6.45, 7) is 4.34. The van der Waals surface area contributed by atoms with Crippen LogP contribution in [-0.4, -0.2) is 9.52 Å². The molecular weight excluding hydrogens is 148 g/mol. The Morgan fingerprint density at radius 2 is 1.91 bits per heavy atom. The standard InChI is InChI=1S/C10H14Si/c1-3-9(2)11-10-7-5-4-6-8-10/h3-8H,11H2,1-2H3. The lowest BCUT2D eigenvalue weighted by Gasteiger charge is -1.98. The second kappa shape index (κ2) is 4.14. The maximum atomic E-state index is 2.22. The van der Waals surface area contributed by atoms with Gasteiger partial charge in [0.25, 0.3) is 0 Å². The summed E-state index contributed by atoms with van der Waals surface area (Å²) in [5, 5.41) is 3.10. The third-order valence-corrected chi connectivity index (χ3v) is 3.66. The zero-order valence-electron chi connectivity index (χ0n) is 7.17. The minimum absolute atomic E-state index is 0.126. The van der Waals surface area contributed by atoms with Crippen molar-refractivity contribution in [3.63, 3.8) is 0 Å². The van der Waals surface area contributed by atoms with Crippen LogP contribution in [-0.2, 0) is 0 Å². The van der Waals surface area contributed by atoms with Crippen LogP contribution >= 0.6 is 0 Å². The first-order valence-corrected chi connectivity index (χ1v) is 5.40. The average molecular weight is 162 g/mol. The van der Waals surface area contributed by atoms with Crippen molar-refractivity contribution in [3.05, 3.63) is 41.6 Å². The van der Waals surface area contributed by atoms with E-state index in [1.54, 1.807) is 5.20 Å². The van der Waals surface area contributed by atoms with Crippen LogP contribution in [0.4, 0.5) is 0 Å². The molecule has 0 bridgehead atoms. The van der Waals surface area contributed by atoms with Crippen molar-refractivity contribution in [3.8, 4) is 0 Å². The molecule has 0 radical (unpaired) electrons. The summed E-state index contributed by atoms with van der Waals surface area (Å²) in [5.41, 5.74) is 0. The maximum Gasteiger partial charge on any atom is 0.0816 e. The van der Waals surface area contributed by atoms with Crippen LogP contribution in [0.15, 0.2) is 41.6 Å². The van der Waals surface area contributed by atoms with Gasteiger partial charge in [-0.05, 0) is 13.8 Å². The Hall–Kier alpha value is -0.823. The molecule has 0 unspecified atom stereocenters. The van der Waals surface area contributed by atoms with Crippen molar-refractivity contribution in [2.24, 2.45) is 0 Å². The highest BCUT2D eigenvalue weighted by Crippen LogP contribution is 1.89. The van der Waals surface area contributed by atoms with Gasteiger partial charge in [-0.1, -0.05) is 46.8 Å². The van der Waals surface area contributed by atoms with Gasteiger partial charge < -0.3 is 0 Å². The van der Waals surface area contributed by atoms with Gasteiger partial charge in [0.2, 0.25) is 0 Å². The molecule has 0 aliphatic carbocycles. The molecule has 0 nitrogen and oxygen atoms in total. The Balaban J connectivity index is 2.65. The van der Waals surface area contributed by atoms with E-state index in [1.165, 1.54) is 5.19 Å². The molecule has 1 rings (SSSR count). The number of rotatable bonds is 2. The third-order valence-electron chi connectivity index (χ3n) is 1.82. The zero-order valence-corrected chi connectivity index (χ0v) is 8.59. The van der Waals surface area contributed by atoms with Crippen LogP contribution in [0, 0.1) is 0 Å². The molecule has 0 saturated carbocycles. The molecule has 0 aliphatic rings. The van der Waals surface area contributed by atoms with Gasteiger partial charge in [0.05, 0.1) is 9.52 Å². The van der Waals surface area contributed by atoms with Crippen LogP contribution in [0.2, 0.25) is 0 Å². The van der Waals surface area contributed by atoms with Gasteiger partial charge in [0.15, 0.2) is 0 Å². The Kier molecular flexibility index (Phi) is 3.11. The highest BCUT2D eigenvalue weighted by Gasteiger charge is 1.91. The largest absolute Gasteiger partial charge is 0.0928 e. The van der Waals surface area contributed by atoms with Crippen LogP contribution in [0.5, 0.6) is 0 Å². The fourth-order valence-corrected chi connectivity index (χ4v) is 2.38. The predicted molar refractivity (Wildman–Crippen MR) is 54.1 cm³/mol. The summed E-state index contributed by atoms with van der Waals surface area (Å²) in [5.74, 6) is 0. The van der Waals surface area contributed by atoms with E-state index in [0.717, 1.165) is 0 Å². The number of benzene rings is 1. The summed E-state index contributed by atoms with van der Waals surface area (Å²) in [6.07, 6.45) is 2.22. The first-order chi connectivity index (χ1) is 5.33. The maximum absolute atomic E-state index is 2.22. The van der Waals surface area contributed by atoms with Crippen molar-refractivity contribution in [2.75, 3.05) is 0 Å². The molecule has 11 heavy (non-hydrogen) atoms. The molecule has 1 aromatic rings. The molecule has 1 heteroatoms. The van der Waals surface area contributed by atoms with Gasteiger partial charge in [-0.15, -0.1) is 0 Å². The molecule has 0 atom stereocenters. The minimum Gasteiger partial charge on any atom is -0.0928 e. The molecule has 0 spiro atoms. The molecule has 0 heterocycles. The number of hydrogen-bond donors (Lipinski definition) is 0. The van der Waals surface area contributed by atoms with E-state index < -0.39 is 0 Å². The van der Waals surface area contributed by atoms with Gasteiger partial charge in [-0.3, -0.25) is 0 Å². The molecule has 1 aromatic carbocycles. The van der Waals surface area contributed by atoms with E-state index in [9.17, 15) is 0 Å². The second-order valence-corrected chi connectivity index (χ2v) is 5.08. The van der Waals surface area contributed by atoms with E-state index in [4.69, 9.17) is 0 Å². The molecule has 0 aromatic heterocycles. The van der Waals surface area contributed by atoms with E-state index in [0.29, 0.717) is 0 Å². The molecule has 58 valence electrons. The van der Waals surface area contributed by atoms with E-state index in [2.05, 4.69) is 50.3 Å². The van der Waals surface area contributed by atoms with Crippen molar-refractivity contribution < 1.29 is 0 Å². The summed E-state index contributed by atoms with van der Waals surface area (Å²) in [7, 11) is -0.126. The van der Waals surface area contributed by atoms with Crippen molar-refractivity contribution in [2.45, 2.75) is 13.8 Å². The number of allylic oxidation sites excluding steroid dienone is 2. The fraction of sp³-hybridized carbons (Fsp3) is 0.200. The Labute approximate surface area is 70.8 Å². The van der Waals surface area contributed by atoms with Crippen LogP contribution < -0.4 is 5.19 Å². The summed E-state index contributed by atoms with van der Waals surface area (Å²) in [4.78, 5) is 0. The zero-order chi connectivity index (χ0) is 8.10. The van der Waals surface area contributed by atoms with Gasteiger partial charge in [-0.2, -0.15) is 0 Å². The molecule has 0 fully saturated rings. The monoisotopic (exact) mass is 162 g/mol. The first-order valence-electron chi connectivity index (χ1n) is 3.98. The van der Waals surface area contributed by atoms with Gasteiger partial charge in [0, 0.05) is 0 Å². The Bertz CT molecular complexity index is 236. The lowest BCUT2D eigenvalue weighted by Crippen LogP contribution is -2.13. The van der Waals surface area contributed by atoms with Crippen LogP contribution in [0.25, 0.3) is 0 Å². The van der Waals surface area contributed by atoms with E-state index >= 15 is 0 Å². The summed E-state index contributed by atoms with van der Waals surface area (Å²) >= 11 is 0. The lowest BCUT2D eigenvalue weighted by molar-refractivity contribution is 1.57. The predicted octanol–water partition coefficient (Wildman–Crippen LogP) is 1.40. The summed E-state index contributed by atoms with van der Waals surface area (Å²) < 4.78 is 0. The lowest BCUT2D eigenvalue weighted by atomic mass is 10.4. The highest BCUT2D eigenvalue weighted by atomic mass is 28.2. The molecule has 0 saturated heterocycles. The van der Waals surface area contributed by atoms with Gasteiger partial charge in [-0.25, -0.2) is 0 Å². The topological polar surface area (TPSA) is 0 Å². The molecule has 0 aliphatic heterocycles. The summed E-state index contributed by atoms with van der Waals surface area (Å²) in [6, 6.07) is 10.7. The normalized spacial score (nSPS) is 12.7. The van der Waals surface area contributed by atoms with Gasteiger partial charge >= 0.3 is 0 Å². The molecule has 0 amide bonds. The van der Waals surface area contributed by atoms with Gasteiger partial charge in [0.1, 0.15) is 0 Å². The first kappa shape index (κ1) is 8.28. The van der Waals surface area contributed by atoms with Crippen LogP contribution in [0.1, 0.15) is 13.8 Å². The second-order valence-electron chi connectivity index (χ2n) is 2.80. The quantitative estimate of drug-likeness (QED) is 0.577. The minimum atomic E-state index is -0.126. The van der Waals surface area contributed by atoms with Crippen molar-refractivity contribution in [1.29, 1.82) is 0 Å². The third kappa shape index (κ3) is 2.72. The SMILES string of the molecule is CC=C(C)[SiH2]c1ccccc1. The van der Waals surface area contributed by atoms with E-state index in [-0.39, 0.29) is 9.52 Å². The number of hydrogen-bond acceptors (Lipinski definition) is 0.